The maximum atomic E-state index is 15.2. The van der Waals surface area contributed by atoms with E-state index in [0.717, 1.165) is 83.0 Å². The van der Waals surface area contributed by atoms with Crippen LogP contribution in [0.1, 0.15) is 80.9 Å². The Balaban J connectivity index is 1.39. The van der Waals surface area contributed by atoms with Gasteiger partial charge in [-0.25, -0.2) is 4.79 Å². The highest BCUT2D eigenvalue weighted by atomic mass is 35.5. The van der Waals surface area contributed by atoms with Crippen molar-refractivity contribution in [2.24, 2.45) is 14.1 Å². The molecule has 0 aliphatic carbocycles. The molecule has 9 nitrogen and oxygen atoms in total. The maximum absolute atomic E-state index is 15.2. The zero-order chi connectivity index (χ0) is 38.0. The van der Waals surface area contributed by atoms with Crippen LogP contribution in [-0.2, 0) is 25.3 Å². The Morgan fingerprint density at radius 1 is 0.943 bits per heavy atom. The molecule has 0 spiro atoms. The van der Waals surface area contributed by atoms with E-state index < -0.39 is 5.97 Å². The number of hydrogen-bond acceptors (Lipinski definition) is 5. The van der Waals surface area contributed by atoms with Crippen LogP contribution in [0, 0.1) is 34.6 Å². The first-order chi connectivity index (χ1) is 25.2. The quantitative estimate of drug-likeness (QED) is 0.108. The number of amides is 1. The number of ether oxygens (including phenoxy) is 2. The van der Waals surface area contributed by atoms with Crippen LogP contribution in [0.25, 0.3) is 32.9 Å². The van der Waals surface area contributed by atoms with Crippen molar-refractivity contribution < 1.29 is 19.1 Å². The smallest absolute Gasteiger partial charge is 0.354 e. The van der Waals surface area contributed by atoms with Crippen LogP contribution in [-0.4, -0.2) is 50.5 Å². The molecular formula is C42H45Cl2N5O4. The Morgan fingerprint density at radius 3 is 2.32 bits per heavy atom. The third kappa shape index (κ3) is 5.98. The summed E-state index contributed by atoms with van der Waals surface area (Å²) in [5.41, 5.74) is 11.2. The van der Waals surface area contributed by atoms with Gasteiger partial charge in [0.1, 0.15) is 17.1 Å². The lowest BCUT2D eigenvalue weighted by atomic mass is 9.98. The lowest BCUT2D eigenvalue weighted by Gasteiger charge is -2.35. The van der Waals surface area contributed by atoms with E-state index in [0.29, 0.717) is 42.4 Å². The Bertz CT molecular complexity index is 2450. The number of hydrogen-bond donors (Lipinski definition) is 0. The second-order valence-electron chi connectivity index (χ2n) is 14.3. The van der Waals surface area contributed by atoms with Crippen molar-refractivity contribution in [3.63, 3.8) is 0 Å². The Hall–Kier alpha value is -4.73. The van der Waals surface area contributed by atoms with Crippen LogP contribution in [0.2, 0.25) is 10.0 Å². The molecule has 1 amide bonds. The number of esters is 1. The second kappa shape index (κ2) is 13.9. The van der Waals surface area contributed by atoms with E-state index in [1.807, 2.05) is 99.3 Å². The van der Waals surface area contributed by atoms with Gasteiger partial charge in [-0.3, -0.25) is 9.48 Å². The number of nitrogens with zero attached hydrogens (tertiary/aromatic N) is 5. The molecule has 0 saturated carbocycles. The largest absolute Gasteiger partial charge is 0.494 e. The molecule has 11 heteroatoms. The summed E-state index contributed by atoms with van der Waals surface area (Å²) in [5.74, 6) is 0.274. The number of carbonyl (C=O) groups is 2. The summed E-state index contributed by atoms with van der Waals surface area (Å²) in [4.78, 5) is 30.1. The Kier molecular flexibility index (Phi) is 9.62. The van der Waals surface area contributed by atoms with Crippen molar-refractivity contribution in [3.05, 3.63) is 97.5 Å². The van der Waals surface area contributed by atoms with E-state index in [4.69, 9.17) is 37.8 Å². The molecule has 0 radical (unpaired) electrons. The van der Waals surface area contributed by atoms with Gasteiger partial charge in [0, 0.05) is 59.3 Å². The monoisotopic (exact) mass is 753 g/mol. The summed E-state index contributed by atoms with van der Waals surface area (Å²) in [6.45, 7) is 15.1. The van der Waals surface area contributed by atoms with Crippen LogP contribution in [0.15, 0.2) is 42.5 Å². The average molecular weight is 755 g/mol. The standard InChI is InChI=1S/C42H45Cl2N5O4/c1-10-52-42(51)33-20-28-14-13-22(2)37(38(28)46(33)8)48-21-25(5)49-39-31(15-16-32(43)35(39)34-26(6)45-47(9)27(34)7)30(40(49)41(48)50)12-11-17-53-29-18-23(3)36(44)24(4)19-29/h13-16,18-20,25H,10-12,17,21H2,1-9H3/t25-/m1/s1. The molecule has 1 aliphatic heterocycles. The predicted molar refractivity (Wildman–Crippen MR) is 213 cm³/mol. The zero-order valence-electron chi connectivity index (χ0n) is 31.8. The summed E-state index contributed by atoms with van der Waals surface area (Å²) >= 11 is 13.5. The number of anilines is 1. The van der Waals surface area contributed by atoms with Crippen molar-refractivity contribution in [1.82, 2.24) is 18.9 Å². The number of rotatable bonds is 9. The minimum Gasteiger partial charge on any atom is -0.494 e. The minimum atomic E-state index is -0.396. The van der Waals surface area contributed by atoms with Gasteiger partial charge in [-0.2, -0.15) is 5.10 Å². The predicted octanol–water partition coefficient (Wildman–Crippen LogP) is 9.79. The number of aromatic nitrogens is 4. The van der Waals surface area contributed by atoms with E-state index in [1.54, 1.807) is 6.92 Å². The fourth-order valence-corrected chi connectivity index (χ4v) is 8.55. The first-order valence-corrected chi connectivity index (χ1v) is 18.8. The van der Waals surface area contributed by atoms with E-state index in [-0.39, 0.29) is 18.6 Å². The molecule has 53 heavy (non-hydrogen) atoms. The lowest BCUT2D eigenvalue weighted by molar-refractivity contribution is 0.0515. The third-order valence-corrected chi connectivity index (χ3v) is 11.6. The molecule has 1 atom stereocenters. The van der Waals surface area contributed by atoms with E-state index >= 15 is 4.79 Å². The average Bonchev–Trinajstić information content (AvgIpc) is 3.72. The molecule has 3 aromatic carbocycles. The van der Waals surface area contributed by atoms with Crippen molar-refractivity contribution in [2.75, 3.05) is 24.7 Å². The number of carbonyl (C=O) groups excluding carboxylic acids is 2. The van der Waals surface area contributed by atoms with Gasteiger partial charge >= 0.3 is 5.97 Å². The Morgan fingerprint density at radius 2 is 1.66 bits per heavy atom. The highest BCUT2D eigenvalue weighted by Crippen LogP contribution is 2.46. The maximum Gasteiger partial charge on any atom is 0.354 e. The van der Waals surface area contributed by atoms with Crippen molar-refractivity contribution in [1.29, 1.82) is 0 Å². The van der Waals surface area contributed by atoms with Gasteiger partial charge < -0.3 is 23.5 Å². The van der Waals surface area contributed by atoms with Gasteiger partial charge in [0.05, 0.1) is 40.7 Å². The zero-order valence-corrected chi connectivity index (χ0v) is 33.3. The summed E-state index contributed by atoms with van der Waals surface area (Å²) < 4.78 is 17.6. The number of halogens is 2. The Labute approximate surface area is 320 Å². The number of benzene rings is 3. The highest BCUT2D eigenvalue weighted by molar-refractivity contribution is 6.35. The van der Waals surface area contributed by atoms with Crippen LogP contribution < -0.4 is 9.64 Å². The molecule has 6 aromatic rings. The molecule has 0 saturated heterocycles. The fourth-order valence-electron chi connectivity index (χ4n) is 8.19. The third-order valence-electron chi connectivity index (χ3n) is 10.7. The molecule has 7 rings (SSSR count). The van der Waals surface area contributed by atoms with Gasteiger partial charge in [-0.05, 0) is 108 Å². The number of aryl methyl sites for hydroxylation is 7. The van der Waals surface area contributed by atoms with Crippen LogP contribution in [0.4, 0.5) is 5.69 Å². The summed E-state index contributed by atoms with van der Waals surface area (Å²) in [5, 5.41) is 7.94. The van der Waals surface area contributed by atoms with E-state index in [9.17, 15) is 4.79 Å². The molecule has 0 bridgehead atoms. The van der Waals surface area contributed by atoms with Crippen LogP contribution in [0.3, 0.4) is 0 Å². The van der Waals surface area contributed by atoms with E-state index in [1.165, 1.54) is 0 Å². The molecule has 3 aromatic heterocycles. The molecule has 4 heterocycles. The van der Waals surface area contributed by atoms with Crippen molar-refractivity contribution >= 4 is 62.6 Å². The van der Waals surface area contributed by atoms with Gasteiger partial charge in [0.15, 0.2) is 0 Å². The molecular weight excluding hydrogens is 709 g/mol. The van der Waals surface area contributed by atoms with E-state index in [2.05, 4.69) is 17.6 Å². The lowest BCUT2D eigenvalue weighted by Crippen LogP contribution is -2.43. The summed E-state index contributed by atoms with van der Waals surface area (Å²) in [6.07, 6.45) is 1.27. The molecule has 0 unspecified atom stereocenters. The first-order valence-electron chi connectivity index (χ1n) is 18.1. The normalized spacial score (nSPS) is 14.4. The summed E-state index contributed by atoms with van der Waals surface area (Å²) in [6, 6.07) is 13.6. The molecule has 276 valence electrons. The van der Waals surface area contributed by atoms with Crippen LogP contribution in [0.5, 0.6) is 5.75 Å². The first kappa shape index (κ1) is 36.6. The topological polar surface area (TPSA) is 83.5 Å². The summed E-state index contributed by atoms with van der Waals surface area (Å²) in [7, 11) is 3.79. The fraction of sp³-hybridized carbons (Fsp3) is 0.357. The number of fused-ring (bicyclic) bond motifs is 4. The highest BCUT2D eigenvalue weighted by Gasteiger charge is 2.38. The van der Waals surface area contributed by atoms with Crippen molar-refractivity contribution in [2.45, 2.75) is 67.3 Å². The molecule has 1 aliphatic rings. The van der Waals surface area contributed by atoms with Crippen molar-refractivity contribution in [3.8, 4) is 16.9 Å². The minimum absolute atomic E-state index is 0.102. The molecule has 0 N–H and O–H groups in total. The SMILES string of the molecule is CCOC(=O)c1cc2ccc(C)c(N3C[C@@H](C)n4c(c(CCCOc5cc(C)c(Cl)c(C)c5)c5ccc(Cl)c(-c6c(C)nn(C)c6C)c54)C3=O)c2n1C. The van der Waals surface area contributed by atoms with Crippen LogP contribution >= 0.6 is 23.2 Å². The van der Waals surface area contributed by atoms with Gasteiger partial charge in [0.2, 0.25) is 0 Å². The molecule has 0 fully saturated rings. The van der Waals surface area contributed by atoms with Gasteiger partial charge in [-0.15, -0.1) is 0 Å². The second-order valence-corrected chi connectivity index (χ2v) is 15.0. The van der Waals surface area contributed by atoms with Gasteiger partial charge in [-0.1, -0.05) is 41.4 Å². The van der Waals surface area contributed by atoms with Gasteiger partial charge in [0.25, 0.3) is 5.91 Å².